The fourth-order valence-corrected chi connectivity index (χ4v) is 2.37. The fraction of sp³-hybridized carbons (Fsp3) is 0.500. The number of carbonyl (C=O) groups is 1. The number of halogens is 2. The van der Waals surface area contributed by atoms with E-state index >= 15 is 0 Å². The highest BCUT2D eigenvalue weighted by Gasteiger charge is 2.51. The van der Waals surface area contributed by atoms with Crippen LogP contribution in [0.4, 0.5) is 8.78 Å². The summed E-state index contributed by atoms with van der Waals surface area (Å²) in [6.45, 7) is 1.57. The third-order valence-corrected chi connectivity index (χ3v) is 3.28. The van der Waals surface area contributed by atoms with E-state index in [1.807, 2.05) is 30.3 Å². The molecule has 0 heterocycles. The van der Waals surface area contributed by atoms with Crippen molar-refractivity contribution in [1.82, 2.24) is 5.32 Å². The van der Waals surface area contributed by atoms with Crippen LogP contribution in [-0.2, 0) is 16.1 Å². The van der Waals surface area contributed by atoms with E-state index in [-0.39, 0.29) is 12.8 Å². The lowest BCUT2D eigenvalue weighted by Gasteiger charge is -2.25. The highest BCUT2D eigenvalue weighted by Crippen LogP contribution is 2.37. The summed E-state index contributed by atoms with van der Waals surface area (Å²) in [5, 5.41) is 2.82. The van der Waals surface area contributed by atoms with Gasteiger partial charge in [0.15, 0.2) is 0 Å². The molecule has 1 aromatic rings. The molecule has 2 unspecified atom stereocenters. The molecule has 1 aliphatic rings. The Morgan fingerprint density at radius 2 is 2.11 bits per heavy atom. The van der Waals surface area contributed by atoms with E-state index in [0.717, 1.165) is 5.56 Å². The Bertz CT molecular complexity index is 436. The SMILES string of the molecule is CC(=O)OC1CCC(F)(F)C1NCc1ccccc1. The molecule has 0 saturated heterocycles. The molecule has 2 rings (SSSR count). The van der Waals surface area contributed by atoms with Crippen molar-refractivity contribution in [3.8, 4) is 0 Å². The van der Waals surface area contributed by atoms with Crippen LogP contribution in [0.2, 0.25) is 0 Å². The number of rotatable bonds is 4. The molecule has 0 aliphatic heterocycles. The average Bonchev–Trinajstić information content (AvgIpc) is 2.63. The Balaban J connectivity index is 2.00. The molecule has 1 aliphatic carbocycles. The number of alkyl halides is 2. The summed E-state index contributed by atoms with van der Waals surface area (Å²) in [7, 11) is 0. The van der Waals surface area contributed by atoms with Crippen LogP contribution < -0.4 is 5.32 Å². The topological polar surface area (TPSA) is 38.3 Å². The van der Waals surface area contributed by atoms with Gasteiger partial charge in [-0.05, 0) is 12.0 Å². The van der Waals surface area contributed by atoms with Gasteiger partial charge < -0.3 is 10.1 Å². The number of ether oxygens (including phenoxy) is 1. The number of esters is 1. The number of hydrogen-bond acceptors (Lipinski definition) is 3. The summed E-state index contributed by atoms with van der Waals surface area (Å²) in [5.41, 5.74) is 0.923. The first kappa shape index (κ1) is 13.9. The molecule has 3 nitrogen and oxygen atoms in total. The summed E-state index contributed by atoms with van der Waals surface area (Å²) in [6, 6.07) is 8.19. The van der Waals surface area contributed by atoms with Crippen LogP contribution in [-0.4, -0.2) is 24.0 Å². The number of benzene rings is 1. The molecule has 19 heavy (non-hydrogen) atoms. The Hall–Kier alpha value is -1.49. The van der Waals surface area contributed by atoms with Crippen LogP contribution in [0.15, 0.2) is 30.3 Å². The highest BCUT2D eigenvalue weighted by atomic mass is 19.3. The van der Waals surface area contributed by atoms with Gasteiger partial charge in [0.05, 0.1) is 0 Å². The molecule has 0 spiro atoms. The van der Waals surface area contributed by atoms with Crippen molar-refractivity contribution in [3.05, 3.63) is 35.9 Å². The van der Waals surface area contributed by atoms with Crippen molar-refractivity contribution in [2.75, 3.05) is 0 Å². The molecule has 2 atom stereocenters. The number of hydrogen-bond donors (Lipinski definition) is 1. The largest absolute Gasteiger partial charge is 0.461 e. The summed E-state index contributed by atoms with van der Waals surface area (Å²) in [4.78, 5) is 10.9. The minimum Gasteiger partial charge on any atom is -0.461 e. The first-order chi connectivity index (χ1) is 8.99. The first-order valence-electron chi connectivity index (χ1n) is 6.31. The van der Waals surface area contributed by atoms with Gasteiger partial charge in [-0.15, -0.1) is 0 Å². The van der Waals surface area contributed by atoms with Crippen molar-refractivity contribution < 1.29 is 18.3 Å². The van der Waals surface area contributed by atoms with Crippen molar-refractivity contribution in [3.63, 3.8) is 0 Å². The molecule has 0 radical (unpaired) electrons. The molecule has 1 N–H and O–H groups in total. The molecule has 1 saturated carbocycles. The van der Waals surface area contributed by atoms with Crippen molar-refractivity contribution in [1.29, 1.82) is 0 Å². The summed E-state index contributed by atoms with van der Waals surface area (Å²) < 4.78 is 32.5. The molecule has 5 heteroatoms. The Kier molecular flexibility index (Phi) is 4.14. The van der Waals surface area contributed by atoms with Gasteiger partial charge in [0.25, 0.3) is 5.92 Å². The maximum absolute atomic E-state index is 13.8. The van der Waals surface area contributed by atoms with Crippen LogP contribution in [0.1, 0.15) is 25.3 Å². The third kappa shape index (κ3) is 3.50. The molecule has 0 amide bonds. The second-order valence-corrected chi connectivity index (χ2v) is 4.79. The van der Waals surface area contributed by atoms with Crippen LogP contribution >= 0.6 is 0 Å². The maximum Gasteiger partial charge on any atom is 0.302 e. The van der Waals surface area contributed by atoms with Crippen molar-refractivity contribution >= 4 is 5.97 Å². The molecule has 0 bridgehead atoms. The number of carbonyl (C=O) groups excluding carboxylic acids is 1. The van der Waals surface area contributed by atoms with E-state index in [1.165, 1.54) is 6.92 Å². The van der Waals surface area contributed by atoms with Crippen molar-refractivity contribution in [2.24, 2.45) is 0 Å². The fourth-order valence-electron chi connectivity index (χ4n) is 2.37. The van der Waals surface area contributed by atoms with E-state index in [4.69, 9.17) is 4.74 Å². The summed E-state index contributed by atoms with van der Waals surface area (Å²) >= 11 is 0. The second kappa shape index (κ2) is 5.65. The van der Waals surface area contributed by atoms with Crippen LogP contribution in [0.3, 0.4) is 0 Å². The summed E-state index contributed by atoms with van der Waals surface area (Å²) in [5.74, 6) is -3.36. The van der Waals surface area contributed by atoms with Gasteiger partial charge in [0.2, 0.25) is 0 Å². The predicted molar refractivity (Wildman–Crippen MR) is 66.8 cm³/mol. The van der Waals surface area contributed by atoms with Gasteiger partial charge in [0, 0.05) is 19.9 Å². The summed E-state index contributed by atoms with van der Waals surface area (Å²) in [6.07, 6.45) is -0.813. The van der Waals surface area contributed by atoms with E-state index in [2.05, 4.69) is 5.32 Å². The molecule has 104 valence electrons. The van der Waals surface area contributed by atoms with Gasteiger partial charge in [0.1, 0.15) is 12.1 Å². The van der Waals surface area contributed by atoms with Gasteiger partial charge in [-0.1, -0.05) is 30.3 Å². The monoisotopic (exact) mass is 269 g/mol. The van der Waals surface area contributed by atoms with Crippen LogP contribution in [0, 0.1) is 0 Å². The maximum atomic E-state index is 13.8. The van der Waals surface area contributed by atoms with Crippen LogP contribution in [0.25, 0.3) is 0 Å². The van der Waals surface area contributed by atoms with E-state index < -0.39 is 24.0 Å². The van der Waals surface area contributed by atoms with E-state index in [1.54, 1.807) is 0 Å². The highest BCUT2D eigenvalue weighted by molar-refractivity contribution is 5.66. The lowest BCUT2D eigenvalue weighted by molar-refractivity contribution is -0.149. The zero-order valence-electron chi connectivity index (χ0n) is 10.7. The zero-order chi connectivity index (χ0) is 13.9. The van der Waals surface area contributed by atoms with E-state index in [0.29, 0.717) is 6.54 Å². The first-order valence-corrected chi connectivity index (χ1v) is 6.31. The van der Waals surface area contributed by atoms with Gasteiger partial charge in [-0.25, -0.2) is 8.78 Å². The van der Waals surface area contributed by atoms with Gasteiger partial charge in [-0.3, -0.25) is 4.79 Å². The van der Waals surface area contributed by atoms with Crippen molar-refractivity contribution in [2.45, 2.75) is 44.4 Å². The average molecular weight is 269 g/mol. The minimum absolute atomic E-state index is 0.193. The minimum atomic E-state index is -2.84. The normalized spacial score (nSPS) is 25.2. The molecular formula is C14H17F2NO2. The quantitative estimate of drug-likeness (QED) is 0.853. The standard InChI is InChI=1S/C14H17F2NO2/c1-10(18)19-12-7-8-14(15,16)13(12)17-9-11-5-3-2-4-6-11/h2-6,12-13,17H,7-9H2,1H3. The van der Waals surface area contributed by atoms with Crippen LogP contribution in [0.5, 0.6) is 0 Å². The molecule has 0 aromatic heterocycles. The lowest BCUT2D eigenvalue weighted by Crippen LogP contribution is -2.47. The predicted octanol–water partition coefficient (Wildman–Crippen LogP) is 2.51. The lowest BCUT2D eigenvalue weighted by atomic mass is 10.1. The Morgan fingerprint density at radius 3 is 2.74 bits per heavy atom. The Morgan fingerprint density at radius 1 is 1.42 bits per heavy atom. The molecule has 1 aromatic carbocycles. The second-order valence-electron chi connectivity index (χ2n) is 4.79. The smallest absolute Gasteiger partial charge is 0.302 e. The third-order valence-electron chi connectivity index (χ3n) is 3.28. The Labute approximate surface area is 111 Å². The molecule has 1 fully saturated rings. The van der Waals surface area contributed by atoms with E-state index in [9.17, 15) is 13.6 Å². The zero-order valence-corrected chi connectivity index (χ0v) is 10.7. The molecular weight excluding hydrogens is 252 g/mol. The van der Waals surface area contributed by atoms with Gasteiger partial charge in [-0.2, -0.15) is 0 Å². The van der Waals surface area contributed by atoms with Gasteiger partial charge >= 0.3 is 5.97 Å². The number of nitrogens with one attached hydrogen (secondary N) is 1.